The van der Waals surface area contributed by atoms with Crippen molar-refractivity contribution in [3.05, 3.63) is 24.0 Å². The molecule has 4 heteroatoms. The molecule has 0 amide bonds. The van der Waals surface area contributed by atoms with Crippen molar-refractivity contribution in [3.63, 3.8) is 0 Å². The zero-order valence-corrected chi connectivity index (χ0v) is 10.0. The molecule has 1 unspecified atom stereocenters. The lowest BCUT2D eigenvalue weighted by atomic mass is 10.0. The van der Waals surface area contributed by atoms with Gasteiger partial charge in [0, 0.05) is 6.07 Å². The number of aliphatic hydroxyl groups is 1. The number of nitrogens with one attached hydrogen (secondary N) is 1. The molecule has 1 rings (SSSR count). The normalized spacial score (nSPS) is 13.4. The van der Waals surface area contributed by atoms with Crippen molar-refractivity contribution in [2.24, 2.45) is 0 Å². The van der Waals surface area contributed by atoms with E-state index < -0.39 is 5.60 Å². The molecule has 0 bridgehead atoms. The first-order valence-corrected chi connectivity index (χ1v) is 5.17. The topological polar surface area (TPSA) is 41.5 Å². The lowest BCUT2D eigenvalue weighted by Gasteiger charge is -2.28. The summed E-state index contributed by atoms with van der Waals surface area (Å²) in [6.07, 6.45) is 0. The van der Waals surface area contributed by atoms with E-state index in [9.17, 15) is 9.50 Å². The second-order valence-electron chi connectivity index (χ2n) is 4.36. The molecule has 0 radical (unpaired) electrons. The SMILES string of the molecule is COc1cc(F)ccc1NC(C)C(C)(C)O. The zero-order valence-electron chi connectivity index (χ0n) is 10.0. The van der Waals surface area contributed by atoms with Gasteiger partial charge in [0.15, 0.2) is 0 Å². The minimum Gasteiger partial charge on any atom is -0.494 e. The van der Waals surface area contributed by atoms with Crippen LogP contribution in [0.15, 0.2) is 18.2 Å². The number of ether oxygens (including phenoxy) is 1. The minimum absolute atomic E-state index is 0.174. The molecule has 1 aromatic carbocycles. The van der Waals surface area contributed by atoms with Crippen molar-refractivity contribution >= 4 is 5.69 Å². The maximum Gasteiger partial charge on any atom is 0.144 e. The smallest absolute Gasteiger partial charge is 0.144 e. The van der Waals surface area contributed by atoms with Gasteiger partial charge in [0.05, 0.1) is 24.4 Å². The molecule has 0 aliphatic rings. The van der Waals surface area contributed by atoms with Gasteiger partial charge in [0.25, 0.3) is 0 Å². The summed E-state index contributed by atoms with van der Waals surface area (Å²) >= 11 is 0. The van der Waals surface area contributed by atoms with Gasteiger partial charge in [-0.2, -0.15) is 0 Å². The monoisotopic (exact) mass is 227 g/mol. The first kappa shape index (κ1) is 12.8. The van der Waals surface area contributed by atoms with E-state index in [1.807, 2.05) is 6.92 Å². The number of hydrogen-bond donors (Lipinski definition) is 2. The molecule has 2 N–H and O–H groups in total. The van der Waals surface area contributed by atoms with Crippen molar-refractivity contribution < 1.29 is 14.2 Å². The minimum atomic E-state index is -0.862. The molecule has 0 aliphatic carbocycles. The highest BCUT2D eigenvalue weighted by Gasteiger charge is 2.22. The largest absolute Gasteiger partial charge is 0.494 e. The van der Waals surface area contributed by atoms with Gasteiger partial charge in [-0.25, -0.2) is 4.39 Å². The Labute approximate surface area is 95.2 Å². The molecule has 90 valence electrons. The Morgan fingerprint density at radius 1 is 1.44 bits per heavy atom. The molecule has 1 atom stereocenters. The third kappa shape index (κ3) is 3.10. The van der Waals surface area contributed by atoms with Crippen LogP contribution in [-0.4, -0.2) is 23.9 Å². The molecule has 0 heterocycles. The van der Waals surface area contributed by atoms with Crippen LogP contribution < -0.4 is 10.1 Å². The first-order valence-electron chi connectivity index (χ1n) is 5.17. The quantitative estimate of drug-likeness (QED) is 0.830. The molecular weight excluding hydrogens is 209 g/mol. The van der Waals surface area contributed by atoms with Gasteiger partial charge in [-0.05, 0) is 32.9 Å². The number of hydrogen-bond acceptors (Lipinski definition) is 3. The van der Waals surface area contributed by atoms with Crippen molar-refractivity contribution in [1.29, 1.82) is 0 Å². The number of rotatable bonds is 4. The molecule has 0 fully saturated rings. The van der Waals surface area contributed by atoms with Gasteiger partial charge < -0.3 is 15.2 Å². The number of halogens is 1. The van der Waals surface area contributed by atoms with E-state index in [1.54, 1.807) is 19.9 Å². The Hall–Kier alpha value is -1.29. The highest BCUT2D eigenvalue weighted by Crippen LogP contribution is 2.27. The predicted molar refractivity (Wildman–Crippen MR) is 62.3 cm³/mol. The Morgan fingerprint density at radius 2 is 2.06 bits per heavy atom. The van der Waals surface area contributed by atoms with Crippen molar-refractivity contribution in [2.45, 2.75) is 32.4 Å². The van der Waals surface area contributed by atoms with Crippen LogP contribution in [0.4, 0.5) is 10.1 Å². The molecule has 16 heavy (non-hydrogen) atoms. The number of anilines is 1. The van der Waals surface area contributed by atoms with Gasteiger partial charge in [0.2, 0.25) is 0 Å². The Kier molecular flexibility index (Phi) is 3.75. The molecule has 0 spiro atoms. The molecule has 0 aromatic heterocycles. The van der Waals surface area contributed by atoms with Crippen molar-refractivity contribution in [3.8, 4) is 5.75 Å². The van der Waals surface area contributed by atoms with E-state index in [4.69, 9.17) is 4.74 Å². The van der Waals surface area contributed by atoms with E-state index in [0.717, 1.165) is 0 Å². The van der Waals surface area contributed by atoms with Crippen LogP contribution in [-0.2, 0) is 0 Å². The summed E-state index contributed by atoms with van der Waals surface area (Å²) in [5, 5.41) is 12.9. The summed E-state index contributed by atoms with van der Waals surface area (Å²) in [4.78, 5) is 0. The fraction of sp³-hybridized carbons (Fsp3) is 0.500. The first-order chi connectivity index (χ1) is 7.34. The fourth-order valence-electron chi connectivity index (χ4n) is 1.19. The van der Waals surface area contributed by atoms with E-state index in [0.29, 0.717) is 11.4 Å². The van der Waals surface area contributed by atoms with Crippen molar-refractivity contribution in [1.82, 2.24) is 0 Å². The second-order valence-corrected chi connectivity index (χ2v) is 4.36. The van der Waals surface area contributed by atoms with E-state index in [-0.39, 0.29) is 11.9 Å². The lowest BCUT2D eigenvalue weighted by molar-refractivity contribution is 0.0648. The standard InChI is InChI=1S/C12H18FNO2/c1-8(12(2,3)15)14-10-6-5-9(13)7-11(10)16-4/h5-8,14-15H,1-4H3. The number of benzene rings is 1. The maximum atomic E-state index is 12.9. The molecular formula is C12H18FNO2. The zero-order chi connectivity index (χ0) is 12.3. The van der Waals surface area contributed by atoms with Gasteiger partial charge >= 0.3 is 0 Å². The Morgan fingerprint density at radius 3 is 2.56 bits per heavy atom. The van der Waals surface area contributed by atoms with Crippen LogP contribution in [0.1, 0.15) is 20.8 Å². The van der Waals surface area contributed by atoms with Crippen LogP contribution >= 0.6 is 0 Å². The van der Waals surface area contributed by atoms with Gasteiger partial charge in [-0.3, -0.25) is 0 Å². The summed E-state index contributed by atoms with van der Waals surface area (Å²) in [6, 6.07) is 4.07. The number of methoxy groups -OCH3 is 1. The summed E-state index contributed by atoms with van der Waals surface area (Å²) in [5.41, 5.74) is -0.196. The average molecular weight is 227 g/mol. The van der Waals surface area contributed by atoms with Crippen LogP contribution in [0.25, 0.3) is 0 Å². The van der Waals surface area contributed by atoms with Crippen LogP contribution in [0.3, 0.4) is 0 Å². The fourth-order valence-corrected chi connectivity index (χ4v) is 1.19. The lowest BCUT2D eigenvalue weighted by Crippen LogP contribution is -2.39. The highest BCUT2D eigenvalue weighted by molar-refractivity contribution is 5.57. The van der Waals surface area contributed by atoms with Gasteiger partial charge in [0.1, 0.15) is 11.6 Å². The Bertz CT molecular complexity index is 361. The van der Waals surface area contributed by atoms with E-state index in [1.165, 1.54) is 19.2 Å². The van der Waals surface area contributed by atoms with Crippen LogP contribution in [0.5, 0.6) is 5.75 Å². The van der Waals surface area contributed by atoms with Crippen LogP contribution in [0, 0.1) is 5.82 Å². The molecule has 0 aliphatic heterocycles. The van der Waals surface area contributed by atoms with E-state index in [2.05, 4.69) is 5.32 Å². The summed E-state index contributed by atoms with van der Waals surface area (Å²) < 4.78 is 18.0. The third-order valence-corrected chi connectivity index (χ3v) is 2.60. The van der Waals surface area contributed by atoms with Crippen molar-refractivity contribution in [2.75, 3.05) is 12.4 Å². The molecule has 1 aromatic rings. The highest BCUT2D eigenvalue weighted by atomic mass is 19.1. The Balaban J connectivity index is 2.89. The summed E-state index contributed by atoms with van der Waals surface area (Å²) in [7, 11) is 1.48. The second kappa shape index (κ2) is 4.70. The maximum absolute atomic E-state index is 12.9. The third-order valence-electron chi connectivity index (χ3n) is 2.60. The average Bonchev–Trinajstić information content (AvgIpc) is 2.19. The molecule has 3 nitrogen and oxygen atoms in total. The van der Waals surface area contributed by atoms with Crippen LogP contribution in [0.2, 0.25) is 0 Å². The summed E-state index contributed by atoms with van der Waals surface area (Å²) in [5.74, 6) is 0.0782. The van der Waals surface area contributed by atoms with Gasteiger partial charge in [-0.1, -0.05) is 0 Å². The predicted octanol–water partition coefficient (Wildman–Crippen LogP) is 2.41. The molecule has 0 saturated carbocycles. The van der Waals surface area contributed by atoms with Gasteiger partial charge in [-0.15, -0.1) is 0 Å². The van der Waals surface area contributed by atoms with E-state index >= 15 is 0 Å². The summed E-state index contributed by atoms with van der Waals surface area (Å²) in [6.45, 7) is 5.27. The molecule has 0 saturated heterocycles.